The Morgan fingerprint density at radius 2 is 2.04 bits per heavy atom. The molecular formula is C15H16Cl2N4O2. The molecule has 23 heavy (non-hydrogen) atoms. The summed E-state index contributed by atoms with van der Waals surface area (Å²) in [5, 5.41) is 6.61. The third-order valence-corrected chi connectivity index (χ3v) is 3.65. The van der Waals surface area contributed by atoms with Gasteiger partial charge in [0, 0.05) is 32.0 Å². The highest BCUT2D eigenvalue weighted by Gasteiger charge is 2.10. The van der Waals surface area contributed by atoms with Crippen molar-refractivity contribution in [2.75, 3.05) is 30.9 Å². The largest absolute Gasteiger partial charge is 0.385 e. The van der Waals surface area contributed by atoms with Crippen molar-refractivity contribution in [3.63, 3.8) is 0 Å². The van der Waals surface area contributed by atoms with Crippen molar-refractivity contribution in [2.45, 2.75) is 6.42 Å². The maximum absolute atomic E-state index is 12.2. The molecule has 1 aromatic heterocycles. The second-order valence-electron chi connectivity index (χ2n) is 4.64. The van der Waals surface area contributed by atoms with Crippen LogP contribution >= 0.6 is 23.2 Å². The number of ether oxygens (including phenoxy) is 1. The monoisotopic (exact) mass is 354 g/mol. The van der Waals surface area contributed by atoms with Crippen molar-refractivity contribution in [3.05, 3.63) is 46.3 Å². The quantitative estimate of drug-likeness (QED) is 0.744. The summed E-state index contributed by atoms with van der Waals surface area (Å²) in [7, 11) is 1.65. The van der Waals surface area contributed by atoms with Crippen molar-refractivity contribution >= 4 is 40.6 Å². The molecule has 0 unspecified atom stereocenters. The second kappa shape index (κ2) is 8.67. The van der Waals surface area contributed by atoms with Crippen molar-refractivity contribution < 1.29 is 9.53 Å². The molecular weight excluding hydrogens is 339 g/mol. The Morgan fingerprint density at radius 1 is 1.22 bits per heavy atom. The molecule has 2 aromatic rings. The number of methoxy groups -OCH3 is 1. The van der Waals surface area contributed by atoms with E-state index < -0.39 is 0 Å². The molecule has 2 rings (SSSR count). The highest BCUT2D eigenvalue weighted by Crippen LogP contribution is 2.25. The van der Waals surface area contributed by atoms with Crippen LogP contribution in [0.15, 0.2) is 30.6 Å². The van der Waals surface area contributed by atoms with E-state index in [1.807, 2.05) is 0 Å². The number of benzene rings is 1. The second-order valence-corrected chi connectivity index (χ2v) is 5.46. The molecule has 1 amide bonds. The minimum Gasteiger partial charge on any atom is -0.385 e. The number of amides is 1. The van der Waals surface area contributed by atoms with E-state index in [0.29, 0.717) is 34.7 Å². The molecule has 0 aliphatic carbocycles. The van der Waals surface area contributed by atoms with Crippen molar-refractivity contribution in [2.24, 2.45) is 0 Å². The SMILES string of the molecule is COCCCNc1cc(C(=O)Nc2ccc(Cl)c(Cl)c2)ncn1. The van der Waals surface area contributed by atoms with Gasteiger partial charge in [0.2, 0.25) is 0 Å². The molecule has 8 heteroatoms. The van der Waals surface area contributed by atoms with Crippen LogP contribution in [0.4, 0.5) is 11.5 Å². The minimum absolute atomic E-state index is 0.250. The summed E-state index contributed by atoms with van der Waals surface area (Å²) in [6.45, 7) is 1.35. The van der Waals surface area contributed by atoms with E-state index in [4.69, 9.17) is 27.9 Å². The highest BCUT2D eigenvalue weighted by atomic mass is 35.5. The summed E-state index contributed by atoms with van der Waals surface area (Å²) in [6, 6.07) is 6.44. The van der Waals surface area contributed by atoms with Gasteiger partial charge in [0.05, 0.1) is 10.0 Å². The van der Waals surface area contributed by atoms with Gasteiger partial charge < -0.3 is 15.4 Å². The van der Waals surface area contributed by atoms with Crippen LogP contribution in [0.2, 0.25) is 10.0 Å². The van der Waals surface area contributed by atoms with Crippen molar-refractivity contribution in [1.29, 1.82) is 0 Å². The highest BCUT2D eigenvalue weighted by molar-refractivity contribution is 6.42. The average molecular weight is 355 g/mol. The third kappa shape index (κ3) is 5.35. The first kappa shape index (κ1) is 17.5. The van der Waals surface area contributed by atoms with Crippen LogP contribution < -0.4 is 10.6 Å². The lowest BCUT2D eigenvalue weighted by atomic mass is 10.3. The fraction of sp³-hybridized carbons (Fsp3) is 0.267. The van der Waals surface area contributed by atoms with Gasteiger partial charge in [-0.05, 0) is 24.6 Å². The lowest BCUT2D eigenvalue weighted by Crippen LogP contribution is -2.15. The lowest BCUT2D eigenvalue weighted by Gasteiger charge is -2.08. The lowest BCUT2D eigenvalue weighted by molar-refractivity contribution is 0.102. The fourth-order valence-corrected chi connectivity index (χ4v) is 2.08. The van der Waals surface area contributed by atoms with Gasteiger partial charge in [0.15, 0.2) is 0 Å². The van der Waals surface area contributed by atoms with E-state index in [9.17, 15) is 4.79 Å². The van der Waals surface area contributed by atoms with Gasteiger partial charge in [0.1, 0.15) is 17.8 Å². The number of halogens is 2. The number of rotatable bonds is 7. The van der Waals surface area contributed by atoms with Crippen LogP contribution in [0.3, 0.4) is 0 Å². The van der Waals surface area contributed by atoms with Crippen LogP contribution in [0.1, 0.15) is 16.9 Å². The zero-order valence-electron chi connectivity index (χ0n) is 12.5. The Bertz CT molecular complexity index is 682. The Balaban J connectivity index is 2.00. The Hall–Kier alpha value is -1.89. The summed E-state index contributed by atoms with van der Waals surface area (Å²) >= 11 is 11.8. The predicted molar refractivity (Wildman–Crippen MR) is 91.4 cm³/mol. The number of hydrogen-bond acceptors (Lipinski definition) is 5. The zero-order valence-corrected chi connectivity index (χ0v) is 14.0. The van der Waals surface area contributed by atoms with Crippen LogP contribution in [0.5, 0.6) is 0 Å². The molecule has 6 nitrogen and oxygen atoms in total. The van der Waals surface area contributed by atoms with Gasteiger partial charge in [0.25, 0.3) is 5.91 Å². The number of nitrogens with one attached hydrogen (secondary N) is 2. The molecule has 0 atom stereocenters. The standard InChI is InChI=1S/C15H16Cl2N4O2/c1-23-6-2-5-18-14-8-13(19-9-20-14)15(22)21-10-3-4-11(16)12(17)7-10/h3-4,7-9H,2,5-6H2,1H3,(H,21,22)(H,18,19,20). The van der Waals surface area contributed by atoms with E-state index in [0.717, 1.165) is 6.42 Å². The molecule has 1 heterocycles. The van der Waals surface area contributed by atoms with Gasteiger partial charge in [-0.2, -0.15) is 0 Å². The molecule has 0 spiro atoms. The van der Waals surface area contributed by atoms with Gasteiger partial charge in [-0.25, -0.2) is 9.97 Å². The van der Waals surface area contributed by atoms with Gasteiger partial charge in [-0.1, -0.05) is 23.2 Å². The van der Waals surface area contributed by atoms with E-state index in [1.165, 1.54) is 6.33 Å². The molecule has 2 N–H and O–H groups in total. The molecule has 0 aliphatic heterocycles. The van der Waals surface area contributed by atoms with Crippen LogP contribution in [-0.4, -0.2) is 36.1 Å². The number of aromatic nitrogens is 2. The summed E-state index contributed by atoms with van der Waals surface area (Å²) < 4.78 is 4.97. The van der Waals surface area contributed by atoms with Gasteiger partial charge in [-0.3, -0.25) is 4.79 Å². The first-order valence-electron chi connectivity index (χ1n) is 6.91. The topological polar surface area (TPSA) is 76.1 Å². The maximum Gasteiger partial charge on any atom is 0.274 e. The molecule has 0 aliphatic rings. The number of carbonyl (C=O) groups is 1. The molecule has 0 bridgehead atoms. The molecule has 0 saturated heterocycles. The smallest absolute Gasteiger partial charge is 0.274 e. The predicted octanol–water partition coefficient (Wildman–Crippen LogP) is 3.48. The van der Waals surface area contributed by atoms with E-state index in [-0.39, 0.29) is 11.6 Å². The van der Waals surface area contributed by atoms with E-state index in [2.05, 4.69) is 20.6 Å². The van der Waals surface area contributed by atoms with Crippen LogP contribution in [-0.2, 0) is 4.74 Å². The van der Waals surface area contributed by atoms with Gasteiger partial charge in [-0.15, -0.1) is 0 Å². The molecule has 0 radical (unpaired) electrons. The summed E-state index contributed by atoms with van der Waals surface area (Å²) in [5.41, 5.74) is 0.790. The summed E-state index contributed by atoms with van der Waals surface area (Å²) in [6.07, 6.45) is 2.17. The normalized spacial score (nSPS) is 10.4. The number of hydrogen-bond donors (Lipinski definition) is 2. The average Bonchev–Trinajstić information content (AvgIpc) is 2.55. The molecule has 0 fully saturated rings. The number of carbonyl (C=O) groups excluding carboxylic acids is 1. The first-order valence-corrected chi connectivity index (χ1v) is 7.67. The Kier molecular flexibility index (Phi) is 6.58. The van der Waals surface area contributed by atoms with E-state index >= 15 is 0 Å². The molecule has 1 aromatic carbocycles. The minimum atomic E-state index is -0.356. The molecule has 0 saturated carbocycles. The Morgan fingerprint density at radius 3 is 2.78 bits per heavy atom. The van der Waals surface area contributed by atoms with Crippen molar-refractivity contribution in [3.8, 4) is 0 Å². The van der Waals surface area contributed by atoms with Crippen LogP contribution in [0.25, 0.3) is 0 Å². The Labute approximate surface area is 144 Å². The summed E-state index contributed by atoms with van der Waals surface area (Å²) in [4.78, 5) is 20.3. The maximum atomic E-state index is 12.2. The number of anilines is 2. The zero-order chi connectivity index (χ0) is 16.7. The summed E-state index contributed by atoms with van der Waals surface area (Å²) in [5.74, 6) is 0.223. The van der Waals surface area contributed by atoms with Crippen molar-refractivity contribution in [1.82, 2.24) is 9.97 Å². The van der Waals surface area contributed by atoms with Gasteiger partial charge >= 0.3 is 0 Å². The number of nitrogens with zero attached hydrogens (tertiary/aromatic N) is 2. The third-order valence-electron chi connectivity index (χ3n) is 2.91. The van der Waals surface area contributed by atoms with Crippen LogP contribution in [0, 0.1) is 0 Å². The first-order chi connectivity index (χ1) is 11.1. The van der Waals surface area contributed by atoms with E-state index in [1.54, 1.807) is 31.4 Å². The fourth-order valence-electron chi connectivity index (χ4n) is 1.78. The molecule has 122 valence electrons.